The number of aryl methyl sites for hydroxylation is 1. The Labute approximate surface area is 128 Å². The van der Waals surface area contributed by atoms with Crippen molar-refractivity contribution in [1.82, 2.24) is 9.97 Å². The van der Waals surface area contributed by atoms with Crippen LogP contribution in [0.15, 0.2) is 24.3 Å². The van der Waals surface area contributed by atoms with Crippen LogP contribution in [0, 0.1) is 11.6 Å². The van der Waals surface area contributed by atoms with Gasteiger partial charge in [0.1, 0.15) is 10.6 Å². The van der Waals surface area contributed by atoms with Crippen molar-refractivity contribution < 1.29 is 13.5 Å². The van der Waals surface area contributed by atoms with Crippen LogP contribution < -0.4 is 4.74 Å². The average molecular weight is 327 g/mol. The van der Waals surface area contributed by atoms with E-state index in [2.05, 4.69) is 9.97 Å². The SMILES string of the molecule is CCc1cc2c(Oc3ccc(F)cc3F)nc(Cl)nc2s1. The summed E-state index contributed by atoms with van der Waals surface area (Å²) >= 11 is 7.33. The quantitative estimate of drug-likeness (QED) is 0.637. The van der Waals surface area contributed by atoms with Gasteiger partial charge in [-0.1, -0.05) is 6.92 Å². The van der Waals surface area contributed by atoms with Crippen molar-refractivity contribution in [1.29, 1.82) is 0 Å². The predicted octanol–water partition coefficient (Wildman–Crippen LogP) is 4.98. The van der Waals surface area contributed by atoms with Gasteiger partial charge in [-0.25, -0.2) is 13.8 Å². The Hall–Kier alpha value is -1.79. The number of ether oxygens (including phenoxy) is 1. The molecule has 0 aliphatic carbocycles. The van der Waals surface area contributed by atoms with Crippen molar-refractivity contribution in [2.75, 3.05) is 0 Å². The standard InChI is InChI=1S/C14H9ClF2N2OS/c1-2-8-6-9-12(18-14(15)19-13(9)21-8)20-11-4-3-7(16)5-10(11)17/h3-6H,2H2,1H3. The van der Waals surface area contributed by atoms with Gasteiger partial charge >= 0.3 is 0 Å². The fourth-order valence-electron chi connectivity index (χ4n) is 1.83. The summed E-state index contributed by atoms with van der Waals surface area (Å²) in [5.74, 6) is -1.43. The molecule has 3 nitrogen and oxygen atoms in total. The van der Waals surface area contributed by atoms with Crippen molar-refractivity contribution in [3.05, 3.63) is 46.1 Å². The molecule has 7 heteroatoms. The molecule has 108 valence electrons. The highest BCUT2D eigenvalue weighted by Crippen LogP contribution is 2.34. The van der Waals surface area contributed by atoms with E-state index in [0.29, 0.717) is 10.2 Å². The number of hydrogen-bond donors (Lipinski definition) is 0. The summed E-state index contributed by atoms with van der Waals surface area (Å²) in [5.41, 5.74) is 0. The Bertz CT molecular complexity index is 822. The van der Waals surface area contributed by atoms with Crippen molar-refractivity contribution >= 4 is 33.2 Å². The molecule has 0 N–H and O–H groups in total. The van der Waals surface area contributed by atoms with E-state index < -0.39 is 11.6 Å². The second kappa shape index (κ2) is 5.54. The summed E-state index contributed by atoms with van der Waals surface area (Å²) in [4.78, 5) is 9.87. The Morgan fingerprint density at radius 2 is 2.05 bits per heavy atom. The molecule has 0 spiro atoms. The van der Waals surface area contributed by atoms with E-state index in [1.807, 2.05) is 13.0 Å². The third kappa shape index (κ3) is 2.82. The molecule has 3 rings (SSSR count). The maximum atomic E-state index is 13.7. The van der Waals surface area contributed by atoms with Crippen LogP contribution in [-0.2, 0) is 6.42 Å². The van der Waals surface area contributed by atoms with Gasteiger partial charge in [-0.2, -0.15) is 4.98 Å². The highest BCUT2D eigenvalue weighted by molar-refractivity contribution is 7.18. The maximum Gasteiger partial charge on any atom is 0.232 e. The molecule has 0 bridgehead atoms. The Morgan fingerprint density at radius 3 is 2.76 bits per heavy atom. The van der Waals surface area contributed by atoms with Crippen molar-refractivity contribution in [3.63, 3.8) is 0 Å². The fraction of sp³-hybridized carbons (Fsp3) is 0.143. The number of aromatic nitrogens is 2. The summed E-state index contributed by atoms with van der Waals surface area (Å²) in [6.45, 7) is 2.01. The minimum atomic E-state index is -0.802. The molecule has 2 heterocycles. The van der Waals surface area contributed by atoms with Crippen LogP contribution in [0.1, 0.15) is 11.8 Å². The third-order valence-electron chi connectivity index (χ3n) is 2.83. The molecule has 0 saturated carbocycles. The number of halogens is 3. The second-order valence-electron chi connectivity index (χ2n) is 4.26. The fourth-order valence-corrected chi connectivity index (χ4v) is 3.00. The van der Waals surface area contributed by atoms with Crippen LogP contribution in [0.25, 0.3) is 10.2 Å². The van der Waals surface area contributed by atoms with Gasteiger partial charge in [0.05, 0.1) is 5.39 Å². The molecule has 0 unspecified atom stereocenters. The topological polar surface area (TPSA) is 35.0 Å². The number of hydrogen-bond acceptors (Lipinski definition) is 4. The van der Waals surface area contributed by atoms with Gasteiger partial charge in [0.2, 0.25) is 11.2 Å². The normalized spacial score (nSPS) is 11.0. The monoisotopic (exact) mass is 326 g/mol. The number of nitrogens with zero attached hydrogens (tertiary/aromatic N) is 2. The van der Waals surface area contributed by atoms with E-state index in [1.165, 1.54) is 17.4 Å². The highest BCUT2D eigenvalue weighted by atomic mass is 35.5. The second-order valence-corrected chi connectivity index (χ2v) is 5.71. The summed E-state index contributed by atoms with van der Waals surface area (Å²) < 4.78 is 32.0. The van der Waals surface area contributed by atoms with Crippen molar-refractivity contribution in [2.24, 2.45) is 0 Å². The van der Waals surface area contributed by atoms with Gasteiger partial charge in [0.15, 0.2) is 11.6 Å². The first-order valence-electron chi connectivity index (χ1n) is 6.15. The van der Waals surface area contributed by atoms with Crippen molar-refractivity contribution in [2.45, 2.75) is 13.3 Å². The molecule has 0 amide bonds. The van der Waals surface area contributed by atoms with E-state index in [0.717, 1.165) is 23.4 Å². The Morgan fingerprint density at radius 1 is 1.24 bits per heavy atom. The van der Waals surface area contributed by atoms with Crippen LogP contribution >= 0.6 is 22.9 Å². The third-order valence-corrected chi connectivity index (χ3v) is 4.17. The number of rotatable bonds is 3. The van der Waals surface area contributed by atoms with Crippen LogP contribution in [0.3, 0.4) is 0 Å². The minimum Gasteiger partial charge on any atom is -0.435 e. The molecular weight excluding hydrogens is 318 g/mol. The number of fused-ring (bicyclic) bond motifs is 1. The Kier molecular flexibility index (Phi) is 3.73. The lowest BCUT2D eigenvalue weighted by atomic mass is 10.3. The van der Waals surface area contributed by atoms with E-state index >= 15 is 0 Å². The Balaban J connectivity index is 2.08. The first-order chi connectivity index (χ1) is 10.1. The molecule has 0 atom stereocenters. The molecule has 0 aliphatic heterocycles. The first-order valence-corrected chi connectivity index (χ1v) is 7.35. The van der Waals surface area contributed by atoms with E-state index in [9.17, 15) is 8.78 Å². The van der Waals surface area contributed by atoms with Gasteiger partial charge in [-0.05, 0) is 36.2 Å². The van der Waals surface area contributed by atoms with Crippen LogP contribution in [0.2, 0.25) is 5.28 Å². The molecular formula is C14H9ClF2N2OS. The van der Waals surface area contributed by atoms with Crippen LogP contribution in [-0.4, -0.2) is 9.97 Å². The smallest absolute Gasteiger partial charge is 0.232 e. The molecule has 21 heavy (non-hydrogen) atoms. The van der Waals surface area contributed by atoms with Gasteiger partial charge in [-0.15, -0.1) is 11.3 Å². The van der Waals surface area contributed by atoms with Gasteiger partial charge < -0.3 is 4.74 Å². The zero-order valence-electron chi connectivity index (χ0n) is 10.9. The molecule has 0 aliphatic rings. The zero-order valence-corrected chi connectivity index (χ0v) is 12.4. The molecule has 1 aromatic carbocycles. The molecule has 0 fully saturated rings. The maximum absolute atomic E-state index is 13.7. The van der Waals surface area contributed by atoms with E-state index in [1.54, 1.807) is 0 Å². The molecule has 0 radical (unpaired) electrons. The summed E-state index contributed by atoms with van der Waals surface area (Å²) in [6, 6.07) is 4.95. The van der Waals surface area contributed by atoms with Crippen LogP contribution in [0.4, 0.5) is 8.78 Å². The van der Waals surface area contributed by atoms with Gasteiger partial charge in [0, 0.05) is 10.9 Å². The molecule has 0 saturated heterocycles. The summed E-state index contributed by atoms with van der Waals surface area (Å²) in [7, 11) is 0. The lowest BCUT2D eigenvalue weighted by molar-refractivity contribution is 0.428. The molecule has 3 aromatic rings. The lowest BCUT2D eigenvalue weighted by Crippen LogP contribution is -1.94. The van der Waals surface area contributed by atoms with Crippen molar-refractivity contribution in [3.8, 4) is 11.6 Å². The first kappa shape index (κ1) is 14.2. The molecule has 2 aromatic heterocycles. The van der Waals surface area contributed by atoms with E-state index in [-0.39, 0.29) is 16.9 Å². The lowest BCUT2D eigenvalue weighted by Gasteiger charge is -2.07. The summed E-state index contributed by atoms with van der Waals surface area (Å²) in [5, 5.41) is 0.675. The number of thiophene rings is 1. The van der Waals surface area contributed by atoms with Gasteiger partial charge in [0.25, 0.3) is 0 Å². The van der Waals surface area contributed by atoms with Crippen LogP contribution in [0.5, 0.6) is 11.6 Å². The zero-order chi connectivity index (χ0) is 15.0. The summed E-state index contributed by atoms with van der Waals surface area (Å²) in [6.07, 6.45) is 0.836. The van der Waals surface area contributed by atoms with Gasteiger partial charge in [-0.3, -0.25) is 0 Å². The van der Waals surface area contributed by atoms with E-state index in [4.69, 9.17) is 16.3 Å². The predicted molar refractivity (Wildman–Crippen MR) is 78.2 cm³/mol. The highest BCUT2D eigenvalue weighted by Gasteiger charge is 2.14. The number of benzene rings is 1. The average Bonchev–Trinajstić information content (AvgIpc) is 2.85. The minimum absolute atomic E-state index is 0.0181. The largest absolute Gasteiger partial charge is 0.435 e.